The highest BCUT2D eigenvalue weighted by molar-refractivity contribution is 6.31. The van der Waals surface area contributed by atoms with Crippen LogP contribution in [-0.4, -0.2) is 78.8 Å². The summed E-state index contributed by atoms with van der Waals surface area (Å²) in [4.78, 5) is 22.7. The van der Waals surface area contributed by atoms with Crippen molar-refractivity contribution in [3.05, 3.63) is 81.1 Å². The van der Waals surface area contributed by atoms with Gasteiger partial charge in [-0.2, -0.15) is 5.10 Å². The molecule has 4 aromatic rings. The fourth-order valence-corrected chi connectivity index (χ4v) is 6.21. The van der Waals surface area contributed by atoms with Crippen molar-refractivity contribution in [2.24, 2.45) is 0 Å². The Balaban J connectivity index is 1.14. The zero-order chi connectivity index (χ0) is 30.5. The molecular weight excluding hydrogens is 564 g/mol. The Bertz CT molecular complexity index is 1660. The van der Waals surface area contributed by atoms with Gasteiger partial charge in [-0.15, -0.1) is 5.10 Å². The standard InChI is InChI=1S/C32H39ClN8O2/c1-20-7-10-24(15-26(20)33)41-29(23-8-9-23)25(17-35-41)31(42)38-11-13-39(14-12-38)32(4,5)28-19-40(37-36-28)18-27-22(3)30(43-6)21(2)16-34-27/h7,10,15-17,19,23H,8-9,11-14,18H2,1-6H3. The second-order valence-corrected chi connectivity index (χ2v) is 12.7. The minimum Gasteiger partial charge on any atom is -0.496 e. The number of pyridine rings is 1. The summed E-state index contributed by atoms with van der Waals surface area (Å²) < 4.78 is 9.31. The molecule has 0 radical (unpaired) electrons. The van der Waals surface area contributed by atoms with E-state index in [0.717, 1.165) is 71.1 Å². The average molecular weight is 603 g/mol. The quantitative estimate of drug-likeness (QED) is 0.278. The van der Waals surface area contributed by atoms with Crippen LogP contribution < -0.4 is 4.74 Å². The lowest BCUT2D eigenvalue weighted by atomic mass is 9.97. The molecule has 1 aromatic carbocycles. The summed E-state index contributed by atoms with van der Waals surface area (Å²) in [6.45, 7) is 13.6. The molecule has 11 heteroatoms. The highest BCUT2D eigenvalue weighted by Crippen LogP contribution is 2.43. The first kappa shape index (κ1) is 29.3. The van der Waals surface area contributed by atoms with E-state index in [-0.39, 0.29) is 11.4 Å². The van der Waals surface area contributed by atoms with Crippen molar-refractivity contribution in [2.45, 2.75) is 65.5 Å². The monoisotopic (exact) mass is 602 g/mol. The van der Waals surface area contributed by atoms with Gasteiger partial charge in [-0.1, -0.05) is 22.9 Å². The lowest BCUT2D eigenvalue weighted by Gasteiger charge is -2.43. The number of carbonyl (C=O) groups excluding carboxylic acids is 1. The fourth-order valence-electron chi connectivity index (χ4n) is 6.03. The lowest BCUT2D eigenvalue weighted by Crippen LogP contribution is -2.54. The summed E-state index contributed by atoms with van der Waals surface area (Å²) in [5, 5.41) is 14.3. The maximum Gasteiger partial charge on any atom is 0.257 e. The first-order chi connectivity index (χ1) is 20.6. The van der Waals surface area contributed by atoms with Gasteiger partial charge in [0.15, 0.2) is 0 Å². The maximum absolute atomic E-state index is 13.8. The normalized spacial score (nSPS) is 16.1. The van der Waals surface area contributed by atoms with E-state index in [1.54, 1.807) is 13.3 Å². The van der Waals surface area contributed by atoms with Crippen LogP contribution in [0.3, 0.4) is 0 Å². The number of piperazine rings is 1. The molecule has 1 aliphatic heterocycles. The van der Waals surface area contributed by atoms with Gasteiger partial charge in [-0.05, 0) is 65.2 Å². The van der Waals surface area contributed by atoms with E-state index in [1.165, 1.54) is 0 Å². The van der Waals surface area contributed by atoms with E-state index in [9.17, 15) is 4.79 Å². The lowest BCUT2D eigenvalue weighted by molar-refractivity contribution is 0.0377. The second-order valence-electron chi connectivity index (χ2n) is 12.2. The van der Waals surface area contributed by atoms with Gasteiger partial charge in [0.05, 0.1) is 54.2 Å². The van der Waals surface area contributed by atoms with E-state index in [0.29, 0.717) is 36.1 Å². The number of carbonyl (C=O) groups is 1. The van der Waals surface area contributed by atoms with E-state index in [4.69, 9.17) is 16.3 Å². The predicted octanol–water partition coefficient (Wildman–Crippen LogP) is 5.06. The molecular formula is C32H39ClN8O2. The summed E-state index contributed by atoms with van der Waals surface area (Å²) in [5.74, 6) is 1.25. The Morgan fingerprint density at radius 3 is 2.49 bits per heavy atom. The van der Waals surface area contributed by atoms with E-state index in [2.05, 4.69) is 39.1 Å². The minimum atomic E-state index is -0.352. The van der Waals surface area contributed by atoms with Gasteiger partial charge >= 0.3 is 0 Å². The first-order valence-corrected chi connectivity index (χ1v) is 15.2. The van der Waals surface area contributed by atoms with Gasteiger partial charge in [0.1, 0.15) is 11.4 Å². The minimum absolute atomic E-state index is 0.0474. The summed E-state index contributed by atoms with van der Waals surface area (Å²) in [6, 6.07) is 5.94. The van der Waals surface area contributed by atoms with Crippen molar-refractivity contribution in [3.8, 4) is 11.4 Å². The smallest absolute Gasteiger partial charge is 0.257 e. The van der Waals surface area contributed by atoms with Crippen LogP contribution in [0.15, 0.2) is 36.8 Å². The van der Waals surface area contributed by atoms with Crippen molar-refractivity contribution in [3.63, 3.8) is 0 Å². The van der Waals surface area contributed by atoms with Crippen LogP contribution in [0.1, 0.15) is 76.7 Å². The molecule has 10 nitrogen and oxygen atoms in total. The molecule has 1 saturated heterocycles. The zero-order valence-corrected chi connectivity index (χ0v) is 26.5. The van der Waals surface area contributed by atoms with Gasteiger partial charge in [-0.25, -0.2) is 9.36 Å². The van der Waals surface area contributed by atoms with E-state index >= 15 is 0 Å². The van der Waals surface area contributed by atoms with Crippen molar-refractivity contribution >= 4 is 17.5 Å². The number of benzene rings is 1. The average Bonchev–Trinajstić information content (AvgIpc) is 3.55. The molecule has 1 amide bonds. The third-order valence-corrected chi connectivity index (χ3v) is 9.39. The number of methoxy groups -OCH3 is 1. The zero-order valence-electron chi connectivity index (χ0n) is 25.8. The predicted molar refractivity (Wildman–Crippen MR) is 165 cm³/mol. The Morgan fingerprint density at radius 1 is 1.07 bits per heavy atom. The number of aryl methyl sites for hydroxylation is 2. The van der Waals surface area contributed by atoms with Crippen LogP contribution in [0.5, 0.6) is 5.75 Å². The van der Waals surface area contributed by atoms with Gasteiger partial charge < -0.3 is 9.64 Å². The van der Waals surface area contributed by atoms with Gasteiger partial charge in [0.2, 0.25) is 0 Å². The maximum atomic E-state index is 13.8. The van der Waals surface area contributed by atoms with Crippen molar-refractivity contribution < 1.29 is 9.53 Å². The van der Waals surface area contributed by atoms with Gasteiger partial charge in [0.25, 0.3) is 5.91 Å². The largest absolute Gasteiger partial charge is 0.496 e. The SMILES string of the molecule is COc1c(C)cnc(Cn2cc(C(C)(C)N3CCN(C(=O)c4cnn(-c5ccc(C)c(Cl)c5)c4C4CC4)CC3)nn2)c1C. The van der Waals surface area contributed by atoms with E-state index < -0.39 is 0 Å². The Labute approximate surface area is 257 Å². The Kier molecular flexibility index (Phi) is 7.76. The molecule has 4 heterocycles. The Morgan fingerprint density at radius 2 is 1.81 bits per heavy atom. The number of aromatic nitrogens is 6. The van der Waals surface area contributed by atoms with Crippen molar-refractivity contribution in [1.82, 2.24) is 39.6 Å². The number of hydrogen-bond acceptors (Lipinski definition) is 7. The number of rotatable bonds is 8. The third kappa shape index (κ3) is 5.54. The molecule has 43 heavy (non-hydrogen) atoms. The molecule has 6 rings (SSSR count). The molecule has 0 spiro atoms. The molecule has 0 unspecified atom stereocenters. The second kappa shape index (κ2) is 11.4. The topological polar surface area (TPSA) is 94.2 Å². The van der Waals surface area contributed by atoms with Gasteiger partial charge in [-0.3, -0.25) is 14.7 Å². The summed E-state index contributed by atoms with van der Waals surface area (Å²) in [5.41, 5.74) is 7.07. The van der Waals surface area contributed by atoms with Crippen LogP contribution in [0.25, 0.3) is 5.69 Å². The number of nitrogens with zero attached hydrogens (tertiary/aromatic N) is 8. The Hall–Kier alpha value is -3.76. The van der Waals surface area contributed by atoms with E-state index in [1.807, 2.05) is 65.6 Å². The highest BCUT2D eigenvalue weighted by atomic mass is 35.5. The van der Waals surface area contributed by atoms with Crippen LogP contribution >= 0.6 is 11.6 Å². The molecule has 3 aromatic heterocycles. The molecule has 0 N–H and O–H groups in total. The van der Waals surface area contributed by atoms with Gasteiger partial charge in [0, 0.05) is 54.4 Å². The van der Waals surface area contributed by atoms with Crippen molar-refractivity contribution in [1.29, 1.82) is 0 Å². The molecule has 1 aliphatic carbocycles. The van der Waals surface area contributed by atoms with Crippen molar-refractivity contribution in [2.75, 3.05) is 33.3 Å². The van der Waals surface area contributed by atoms with Crippen LogP contribution in [0.4, 0.5) is 0 Å². The summed E-state index contributed by atoms with van der Waals surface area (Å²) >= 11 is 6.42. The number of hydrogen-bond donors (Lipinski definition) is 0. The van der Waals surface area contributed by atoms with Crippen LogP contribution in [0, 0.1) is 20.8 Å². The number of ether oxygens (including phenoxy) is 1. The number of amides is 1. The highest BCUT2D eigenvalue weighted by Gasteiger charge is 2.38. The number of halogens is 1. The van der Waals surface area contributed by atoms with Crippen LogP contribution in [-0.2, 0) is 12.1 Å². The first-order valence-electron chi connectivity index (χ1n) is 14.9. The molecule has 2 fully saturated rings. The molecule has 226 valence electrons. The summed E-state index contributed by atoms with van der Waals surface area (Å²) in [6.07, 6.45) is 7.71. The van der Waals surface area contributed by atoms with Crippen LogP contribution in [0.2, 0.25) is 5.02 Å². The third-order valence-electron chi connectivity index (χ3n) is 8.99. The molecule has 2 aliphatic rings. The molecule has 0 atom stereocenters. The summed E-state index contributed by atoms with van der Waals surface area (Å²) in [7, 11) is 1.68. The molecule has 1 saturated carbocycles. The molecule has 0 bridgehead atoms. The fraction of sp³-hybridized carbons (Fsp3) is 0.469.